The summed E-state index contributed by atoms with van der Waals surface area (Å²) < 4.78 is 10.9. The lowest BCUT2D eigenvalue weighted by atomic mass is 10.1. The van der Waals surface area contributed by atoms with E-state index in [2.05, 4.69) is 45.7 Å². The van der Waals surface area contributed by atoms with E-state index in [0.29, 0.717) is 12.5 Å². The van der Waals surface area contributed by atoms with Crippen LogP contribution in [0, 0.1) is 0 Å². The smallest absolute Gasteiger partial charge is 0.191 e. The summed E-state index contributed by atoms with van der Waals surface area (Å²) in [5.74, 6) is 2.29. The number of nitrogens with one attached hydrogen (secondary N) is 2. The van der Waals surface area contributed by atoms with Crippen molar-refractivity contribution in [3.8, 4) is 22.8 Å². The Balaban J connectivity index is 1.67. The standard InChI is InChI=1S/C24H28N4O2/c1-17(21-15-20(29-3)11-12-23(21)30-4)28-24(25-2)27-16-18-8-7-9-19(14-18)22-10-5-6-13-26-22/h5-15,17H,16H2,1-4H3,(H2,25,27,28). The van der Waals surface area contributed by atoms with Crippen LogP contribution in [0.4, 0.5) is 0 Å². The lowest BCUT2D eigenvalue weighted by Gasteiger charge is -2.21. The number of aliphatic imine (C=N–C) groups is 1. The summed E-state index contributed by atoms with van der Waals surface area (Å²) in [6.07, 6.45) is 1.81. The largest absolute Gasteiger partial charge is 0.497 e. The molecule has 0 aliphatic carbocycles. The third kappa shape index (κ3) is 5.29. The van der Waals surface area contributed by atoms with Crippen molar-refractivity contribution >= 4 is 5.96 Å². The minimum Gasteiger partial charge on any atom is -0.497 e. The summed E-state index contributed by atoms with van der Waals surface area (Å²) in [6, 6.07) is 20.0. The third-order valence-electron chi connectivity index (χ3n) is 4.83. The van der Waals surface area contributed by atoms with Crippen LogP contribution in [-0.2, 0) is 6.54 Å². The molecule has 0 fully saturated rings. The van der Waals surface area contributed by atoms with Crippen molar-refractivity contribution in [3.63, 3.8) is 0 Å². The van der Waals surface area contributed by atoms with E-state index in [1.54, 1.807) is 27.5 Å². The molecule has 0 aliphatic heterocycles. The minimum absolute atomic E-state index is 0.0268. The Morgan fingerprint density at radius 1 is 1.03 bits per heavy atom. The van der Waals surface area contributed by atoms with Crippen molar-refractivity contribution in [3.05, 3.63) is 78.0 Å². The quantitative estimate of drug-likeness (QED) is 0.456. The van der Waals surface area contributed by atoms with Crippen LogP contribution in [0.15, 0.2) is 71.9 Å². The number of ether oxygens (including phenoxy) is 2. The number of benzene rings is 2. The van der Waals surface area contributed by atoms with E-state index in [1.807, 2.05) is 42.5 Å². The van der Waals surface area contributed by atoms with Crippen LogP contribution in [0.5, 0.6) is 11.5 Å². The van der Waals surface area contributed by atoms with Crippen LogP contribution < -0.4 is 20.1 Å². The molecule has 0 amide bonds. The molecule has 0 aliphatic rings. The van der Waals surface area contributed by atoms with Gasteiger partial charge in [0.2, 0.25) is 0 Å². The summed E-state index contributed by atoms with van der Waals surface area (Å²) in [5, 5.41) is 6.79. The van der Waals surface area contributed by atoms with Crippen molar-refractivity contribution in [1.82, 2.24) is 15.6 Å². The Labute approximate surface area is 178 Å². The molecular formula is C24H28N4O2. The van der Waals surface area contributed by atoms with Crippen LogP contribution >= 0.6 is 0 Å². The molecule has 1 atom stereocenters. The number of methoxy groups -OCH3 is 2. The van der Waals surface area contributed by atoms with Gasteiger partial charge in [0, 0.05) is 30.9 Å². The predicted molar refractivity (Wildman–Crippen MR) is 121 cm³/mol. The van der Waals surface area contributed by atoms with Gasteiger partial charge in [0.25, 0.3) is 0 Å². The molecule has 0 spiro atoms. The summed E-state index contributed by atoms with van der Waals surface area (Å²) in [6.45, 7) is 2.70. The average molecular weight is 405 g/mol. The van der Waals surface area contributed by atoms with Crippen molar-refractivity contribution in [2.24, 2.45) is 4.99 Å². The van der Waals surface area contributed by atoms with E-state index in [-0.39, 0.29) is 6.04 Å². The molecule has 0 radical (unpaired) electrons. The lowest BCUT2D eigenvalue weighted by molar-refractivity contribution is 0.394. The van der Waals surface area contributed by atoms with E-state index in [4.69, 9.17) is 9.47 Å². The van der Waals surface area contributed by atoms with E-state index >= 15 is 0 Å². The Bertz CT molecular complexity index is 990. The maximum Gasteiger partial charge on any atom is 0.191 e. The van der Waals surface area contributed by atoms with E-state index in [1.165, 1.54) is 0 Å². The molecule has 1 heterocycles. The first-order valence-corrected chi connectivity index (χ1v) is 9.84. The van der Waals surface area contributed by atoms with Gasteiger partial charge in [0.05, 0.1) is 26.0 Å². The highest BCUT2D eigenvalue weighted by Gasteiger charge is 2.14. The molecule has 2 N–H and O–H groups in total. The first-order chi connectivity index (χ1) is 14.6. The number of nitrogens with zero attached hydrogens (tertiary/aromatic N) is 2. The maximum atomic E-state index is 5.50. The Kier molecular flexibility index (Phi) is 7.27. The molecular weight excluding hydrogens is 376 g/mol. The van der Waals surface area contributed by atoms with Gasteiger partial charge in [-0.3, -0.25) is 9.98 Å². The van der Waals surface area contributed by atoms with Crippen LogP contribution in [0.25, 0.3) is 11.3 Å². The number of hydrogen-bond acceptors (Lipinski definition) is 4. The van der Waals surface area contributed by atoms with E-state index in [9.17, 15) is 0 Å². The first-order valence-electron chi connectivity index (χ1n) is 9.84. The highest BCUT2D eigenvalue weighted by atomic mass is 16.5. The Morgan fingerprint density at radius 2 is 1.90 bits per heavy atom. The summed E-state index contributed by atoms with van der Waals surface area (Å²) in [5.41, 5.74) is 4.19. The number of pyridine rings is 1. The van der Waals surface area contributed by atoms with Crippen LogP contribution in [-0.4, -0.2) is 32.2 Å². The second-order valence-corrected chi connectivity index (χ2v) is 6.82. The third-order valence-corrected chi connectivity index (χ3v) is 4.83. The van der Waals surface area contributed by atoms with Crippen LogP contribution in [0.3, 0.4) is 0 Å². The van der Waals surface area contributed by atoms with Crippen molar-refractivity contribution in [2.75, 3.05) is 21.3 Å². The Hall–Kier alpha value is -3.54. The predicted octanol–water partition coefficient (Wildman–Crippen LogP) is 4.19. The molecule has 1 unspecified atom stereocenters. The topological polar surface area (TPSA) is 67.8 Å². The molecule has 3 aromatic rings. The minimum atomic E-state index is -0.0268. The Morgan fingerprint density at radius 3 is 2.60 bits per heavy atom. The van der Waals surface area contributed by atoms with Gasteiger partial charge in [-0.2, -0.15) is 0 Å². The zero-order valence-electron chi connectivity index (χ0n) is 17.8. The van der Waals surface area contributed by atoms with Crippen molar-refractivity contribution in [2.45, 2.75) is 19.5 Å². The van der Waals surface area contributed by atoms with E-state index < -0.39 is 0 Å². The van der Waals surface area contributed by atoms with Gasteiger partial charge in [-0.25, -0.2) is 0 Å². The van der Waals surface area contributed by atoms with Crippen LogP contribution in [0.1, 0.15) is 24.1 Å². The maximum absolute atomic E-state index is 5.50. The zero-order valence-corrected chi connectivity index (χ0v) is 17.8. The van der Waals surface area contributed by atoms with Gasteiger partial charge in [-0.15, -0.1) is 0 Å². The fourth-order valence-electron chi connectivity index (χ4n) is 3.22. The molecule has 1 aromatic heterocycles. The zero-order chi connectivity index (χ0) is 21.3. The van der Waals surface area contributed by atoms with Gasteiger partial charge in [0.15, 0.2) is 5.96 Å². The number of hydrogen-bond donors (Lipinski definition) is 2. The highest BCUT2D eigenvalue weighted by molar-refractivity contribution is 5.80. The van der Waals surface area contributed by atoms with Crippen molar-refractivity contribution < 1.29 is 9.47 Å². The second kappa shape index (κ2) is 10.3. The summed E-state index contributed by atoms with van der Waals surface area (Å²) >= 11 is 0. The summed E-state index contributed by atoms with van der Waals surface area (Å²) in [4.78, 5) is 8.78. The number of rotatable bonds is 7. The second-order valence-electron chi connectivity index (χ2n) is 6.82. The van der Waals surface area contributed by atoms with Crippen molar-refractivity contribution in [1.29, 1.82) is 0 Å². The SMILES string of the molecule is CN=C(NCc1cccc(-c2ccccn2)c1)NC(C)c1cc(OC)ccc1OC. The average Bonchev–Trinajstić information content (AvgIpc) is 2.81. The van der Waals surface area contributed by atoms with Gasteiger partial charge in [-0.05, 0) is 48.9 Å². The molecule has 6 nitrogen and oxygen atoms in total. The summed E-state index contributed by atoms with van der Waals surface area (Å²) in [7, 11) is 5.08. The molecule has 0 saturated heterocycles. The molecule has 0 saturated carbocycles. The lowest BCUT2D eigenvalue weighted by Crippen LogP contribution is -2.38. The molecule has 0 bridgehead atoms. The highest BCUT2D eigenvalue weighted by Crippen LogP contribution is 2.29. The monoisotopic (exact) mass is 404 g/mol. The van der Waals surface area contributed by atoms with Gasteiger partial charge < -0.3 is 20.1 Å². The molecule has 30 heavy (non-hydrogen) atoms. The van der Waals surface area contributed by atoms with Gasteiger partial charge in [-0.1, -0.05) is 24.3 Å². The first kappa shape index (κ1) is 21.2. The normalized spacial score (nSPS) is 12.2. The number of aromatic nitrogens is 1. The fraction of sp³-hybridized carbons (Fsp3) is 0.250. The molecule has 6 heteroatoms. The molecule has 3 rings (SSSR count). The fourth-order valence-corrected chi connectivity index (χ4v) is 3.22. The molecule has 156 valence electrons. The van der Waals surface area contributed by atoms with Crippen LogP contribution in [0.2, 0.25) is 0 Å². The molecule has 2 aromatic carbocycles. The number of guanidine groups is 1. The van der Waals surface area contributed by atoms with Gasteiger partial charge >= 0.3 is 0 Å². The van der Waals surface area contributed by atoms with Gasteiger partial charge in [0.1, 0.15) is 11.5 Å². The van der Waals surface area contributed by atoms with E-state index in [0.717, 1.165) is 33.9 Å².